The number of hydrogen-bond donors (Lipinski definition) is 1. The molecule has 4 aromatic rings. The summed E-state index contributed by atoms with van der Waals surface area (Å²) < 4.78 is 2.01. The van der Waals surface area contributed by atoms with Crippen molar-refractivity contribution >= 4 is 11.6 Å². The Kier molecular flexibility index (Phi) is 6.47. The Hall–Kier alpha value is -3.70. The predicted molar refractivity (Wildman–Crippen MR) is 129 cm³/mol. The van der Waals surface area contributed by atoms with E-state index in [-0.39, 0.29) is 5.91 Å². The standard InChI is InChI=1S/C27H28N4O/c1-20-26(21(2)31(29-20)25-12-8-5-9-13-25)19-30(3)18-22-14-16-23(17-15-22)27(32)28-24-10-6-4-7-11-24/h4-17H,18-19H2,1-3H3,(H,28,32). The van der Waals surface area contributed by atoms with Gasteiger partial charge in [-0.3, -0.25) is 9.69 Å². The summed E-state index contributed by atoms with van der Waals surface area (Å²) in [6.07, 6.45) is 0. The number of para-hydroxylation sites is 2. The number of benzene rings is 3. The second-order valence-corrected chi connectivity index (χ2v) is 8.09. The van der Waals surface area contributed by atoms with E-state index in [0.29, 0.717) is 5.56 Å². The molecule has 1 N–H and O–H groups in total. The lowest BCUT2D eigenvalue weighted by molar-refractivity contribution is 0.102. The third-order valence-corrected chi connectivity index (χ3v) is 5.57. The number of aromatic nitrogens is 2. The van der Waals surface area contributed by atoms with Gasteiger partial charge in [0, 0.05) is 35.6 Å². The number of hydrogen-bond acceptors (Lipinski definition) is 3. The lowest BCUT2D eigenvalue weighted by Gasteiger charge is -2.17. The molecule has 162 valence electrons. The molecule has 0 aliphatic carbocycles. The molecule has 32 heavy (non-hydrogen) atoms. The Morgan fingerprint density at radius 3 is 2.16 bits per heavy atom. The summed E-state index contributed by atoms with van der Waals surface area (Å²) in [6.45, 7) is 5.78. The van der Waals surface area contributed by atoms with Crippen molar-refractivity contribution in [2.24, 2.45) is 0 Å². The molecule has 3 aromatic carbocycles. The number of carbonyl (C=O) groups is 1. The van der Waals surface area contributed by atoms with Crippen LogP contribution in [0.1, 0.15) is 32.9 Å². The minimum atomic E-state index is -0.101. The highest BCUT2D eigenvalue weighted by Crippen LogP contribution is 2.20. The third-order valence-electron chi connectivity index (χ3n) is 5.57. The number of rotatable bonds is 7. The molecular formula is C27H28N4O. The van der Waals surface area contributed by atoms with Crippen molar-refractivity contribution in [2.75, 3.05) is 12.4 Å². The number of nitrogens with zero attached hydrogens (tertiary/aromatic N) is 3. The Balaban J connectivity index is 1.40. The van der Waals surface area contributed by atoms with Gasteiger partial charge in [-0.2, -0.15) is 5.10 Å². The molecule has 0 fully saturated rings. The van der Waals surface area contributed by atoms with Crippen LogP contribution in [-0.2, 0) is 13.1 Å². The van der Waals surface area contributed by atoms with Crippen LogP contribution in [-0.4, -0.2) is 27.6 Å². The highest BCUT2D eigenvalue weighted by atomic mass is 16.1. The van der Waals surface area contributed by atoms with Crippen LogP contribution >= 0.6 is 0 Å². The van der Waals surface area contributed by atoms with Gasteiger partial charge in [0.2, 0.25) is 0 Å². The molecule has 0 bridgehead atoms. The first-order valence-corrected chi connectivity index (χ1v) is 10.8. The van der Waals surface area contributed by atoms with Gasteiger partial charge < -0.3 is 5.32 Å². The van der Waals surface area contributed by atoms with Crippen molar-refractivity contribution in [1.82, 2.24) is 14.7 Å². The molecule has 1 aromatic heterocycles. The van der Waals surface area contributed by atoms with E-state index in [1.807, 2.05) is 77.5 Å². The van der Waals surface area contributed by atoms with Crippen molar-refractivity contribution < 1.29 is 4.79 Å². The van der Waals surface area contributed by atoms with Gasteiger partial charge in [0.1, 0.15) is 0 Å². The predicted octanol–water partition coefficient (Wildman–Crippen LogP) is 5.37. The first kappa shape index (κ1) is 21.5. The topological polar surface area (TPSA) is 50.2 Å². The second kappa shape index (κ2) is 9.62. The monoisotopic (exact) mass is 424 g/mol. The second-order valence-electron chi connectivity index (χ2n) is 8.09. The Morgan fingerprint density at radius 2 is 1.50 bits per heavy atom. The number of nitrogens with one attached hydrogen (secondary N) is 1. The van der Waals surface area contributed by atoms with Gasteiger partial charge in [0.05, 0.1) is 11.4 Å². The summed E-state index contributed by atoms with van der Waals surface area (Å²) >= 11 is 0. The quantitative estimate of drug-likeness (QED) is 0.434. The molecule has 1 amide bonds. The fraction of sp³-hybridized carbons (Fsp3) is 0.185. The van der Waals surface area contributed by atoms with Crippen LogP contribution in [0.2, 0.25) is 0 Å². The van der Waals surface area contributed by atoms with Crippen LogP contribution in [0.3, 0.4) is 0 Å². The summed E-state index contributed by atoms with van der Waals surface area (Å²) in [7, 11) is 2.11. The number of anilines is 1. The molecule has 0 aliphatic rings. The lowest BCUT2D eigenvalue weighted by atomic mass is 10.1. The van der Waals surface area contributed by atoms with E-state index in [2.05, 4.69) is 43.2 Å². The summed E-state index contributed by atoms with van der Waals surface area (Å²) in [5.41, 5.74) is 7.13. The van der Waals surface area contributed by atoms with E-state index < -0.39 is 0 Å². The van der Waals surface area contributed by atoms with Crippen molar-refractivity contribution in [1.29, 1.82) is 0 Å². The molecule has 0 atom stereocenters. The average Bonchev–Trinajstić information content (AvgIpc) is 3.09. The summed E-state index contributed by atoms with van der Waals surface area (Å²) in [5, 5.41) is 7.67. The molecule has 0 spiro atoms. The third kappa shape index (κ3) is 4.95. The van der Waals surface area contributed by atoms with Crippen molar-refractivity contribution in [3.63, 3.8) is 0 Å². The van der Waals surface area contributed by atoms with Gasteiger partial charge in [-0.25, -0.2) is 4.68 Å². The maximum atomic E-state index is 12.5. The first-order valence-electron chi connectivity index (χ1n) is 10.8. The molecule has 4 rings (SSSR count). The summed E-state index contributed by atoms with van der Waals surface area (Å²) in [6, 6.07) is 27.5. The average molecular weight is 425 g/mol. The van der Waals surface area contributed by atoms with Crippen LogP contribution in [0.15, 0.2) is 84.9 Å². The maximum Gasteiger partial charge on any atom is 0.255 e. The fourth-order valence-corrected chi connectivity index (χ4v) is 3.85. The number of carbonyl (C=O) groups excluding carboxylic acids is 1. The van der Waals surface area contributed by atoms with E-state index in [1.54, 1.807) is 0 Å². The van der Waals surface area contributed by atoms with Crippen molar-refractivity contribution in [3.8, 4) is 5.69 Å². The van der Waals surface area contributed by atoms with Crippen LogP contribution < -0.4 is 5.32 Å². The van der Waals surface area contributed by atoms with Gasteiger partial charge in [-0.1, -0.05) is 48.5 Å². The molecule has 0 saturated heterocycles. The van der Waals surface area contributed by atoms with E-state index in [4.69, 9.17) is 5.10 Å². The molecule has 1 heterocycles. The van der Waals surface area contributed by atoms with Gasteiger partial charge in [-0.15, -0.1) is 0 Å². The number of amides is 1. The Labute approximate surface area is 189 Å². The SMILES string of the molecule is Cc1nn(-c2ccccc2)c(C)c1CN(C)Cc1ccc(C(=O)Nc2ccccc2)cc1. The Morgan fingerprint density at radius 1 is 0.875 bits per heavy atom. The lowest BCUT2D eigenvalue weighted by Crippen LogP contribution is -2.18. The van der Waals surface area contributed by atoms with Gasteiger partial charge in [-0.05, 0) is 62.9 Å². The zero-order valence-corrected chi connectivity index (χ0v) is 18.7. The molecule has 5 heteroatoms. The zero-order chi connectivity index (χ0) is 22.5. The first-order chi connectivity index (χ1) is 15.5. The minimum Gasteiger partial charge on any atom is -0.322 e. The fourth-order valence-electron chi connectivity index (χ4n) is 3.85. The normalized spacial score (nSPS) is 11.0. The Bertz CT molecular complexity index is 1180. The van der Waals surface area contributed by atoms with Crippen LogP contribution in [0.4, 0.5) is 5.69 Å². The van der Waals surface area contributed by atoms with Crippen LogP contribution in [0, 0.1) is 13.8 Å². The minimum absolute atomic E-state index is 0.101. The maximum absolute atomic E-state index is 12.5. The van der Waals surface area contributed by atoms with Gasteiger partial charge in [0.15, 0.2) is 0 Å². The largest absolute Gasteiger partial charge is 0.322 e. The molecule has 0 saturated carbocycles. The van der Waals surface area contributed by atoms with Crippen LogP contribution in [0.25, 0.3) is 5.69 Å². The zero-order valence-electron chi connectivity index (χ0n) is 18.7. The molecule has 0 aliphatic heterocycles. The van der Waals surface area contributed by atoms with E-state index in [0.717, 1.165) is 41.4 Å². The van der Waals surface area contributed by atoms with Gasteiger partial charge >= 0.3 is 0 Å². The van der Waals surface area contributed by atoms with Crippen molar-refractivity contribution in [3.05, 3.63) is 113 Å². The van der Waals surface area contributed by atoms with E-state index >= 15 is 0 Å². The summed E-state index contributed by atoms with van der Waals surface area (Å²) in [5.74, 6) is -0.101. The van der Waals surface area contributed by atoms with Crippen molar-refractivity contribution in [2.45, 2.75) is 26.9 Å². The highest BCUT2D eigenvalue weighted by molar-refractivity contribution is 6.04. The van der Waals surface area contributed by atoms with Gasteiger partial charge in [0.25, 0.3) is 5.91 Å². The molecule has 5 nitrogen and oxygen atoms in total. The number of aryl methyl sites for hydroxylation is 1. The molecule has 0 unspecified atom stereocenters. The highest BCUT2D eigenvalue weighted by Gasteiger charge is 2.15. The molecule has 0 radical (unpaired) electrons. The summed E-state index contributed by atoms with van der Waals surface area (Å²) in [4.78, 5) is 14.7. The van der Waals surface area contributed by atoms with Crippen LogP contribution in [0.5, 0.6) is 0 Å². The molecular weight excluding hydrogens is 396 g/mol. The smallest absolute Gasteiger partial charge is 0.255 e. The van der Waals surface area contributed by atoms with E-state index in [1.165, 1.54) is 5.56 Å². The van der Waals surface area contributed by atoms with E-state index in [9.17, 15) is 4.79 Å².